The van der Waals surface area contributed by atoms with Crippen LogP contribution >= 0.6 is 0 Å². The number of fused-ring (bicyclic) bond motifs is 3. The largest absolute Gasteiger partial charge is 0.493 e. The molecule has 1 spiro atoms. The van der Waals surface area contributed by atoms with E-state index in [0.717, 1.165) is 54.4 Å². The summed E-state index contributed by atoms with van der Waals surface area (Å²) in [7, 11) is 5.42. The predicted octanol–water partition coefficient (Wildman–Crippen LogP) is 3.27. The molecule has 46 heavy (non-hydrogen) atoms. The molecule has 4 aliphatic heterocycles. The Kier molecular flexibility index (Phi) is 9.15. The molecule has 0 amide bonds. The highest BCUT2D eigenvalue weighted by Crippen LogP contribution is 2.45. The molecule has 1 saturated carbocycles. The van der Waals surface area contributed by atoms with Crippen molar-refractivity contribution in [3.63, 3.8) is 0 Å². The van der Waals surface area contributed by atoms with Crippen molar-refractivity contribution in [3.05, 3.63) is 68.4 Å². The zero-order valence-electron chi connectivity index (χ0n) is 27.1. The highest BCUT2D eigenvalue weighted by atomic mass is 16.7. The normalized spacial score (nSPS) is 25.0. The van der Waals surface area contributed by atoms with E-state index in [1.165, 1.54) is 6.42 Å². The topological polar surface area (TPSA) is 141 Å². The van der Waals surface area contributed by atoms with Gasteiger partial charge in [0.2, 0.25) is 0 Å². The second kappa shape index (κ2) is 13.1. The maximum absolute atomic E-state index is 12.5. The molecule has 2 N–H and O–H groups in total. The van der Waals surface area contributed by atoms with Gasteiger partial charge >= 0.3 is 5.69 Å². The standard InChI is InChI=1S/C26H33N5O5.C8H10O2/c1-14-8-19-20(9-15(14)2)31(23-22(27-19)24(33)29-25(34)28-23)12-17(32)10-18-13-35-26(36-18)6-4-16-5-7-30(3)21(16)11-26;1-9-7-5-3-4-6-8(7)10-2/h8-9,16-18,21,32H,4-7,10-13H2,1-3H3,(H,29,33,34);3-6H,1-2H3. The number of nitrogens with one attached hydrogen (secondary N) is 1. The molecule has 2 aromatic carbocycles. The molecule has 1 aliphatic carbocycles. The number of ether oxygens (including phenoxy) is 4. The number of para-hydroxylation sites is 2. The molecule has 7 rings (SSSR count). The fourth-order valence-electron chi connectivity index (χ4n) is 7.15. The summed E-state index contributed by atoms with van der Waals surface area (Å²) in [5, 5.41) is 11.1. The van der Waals surface area contributed by atoms with Crippen LogP contribution in [-0.2, 0) is 16.0 Å². The van der Waals surface area contributed by atoms with Gasteiger partial charge in [0, 0.05) is 25.3 Å². The first kappa shape index (κ1) is 32.1. The molecule has 2 saturated heterocycles. The van der Waals surface area contributed by atoms with Gasteiger partial charge in [-0.25, -0.2) is 9.78 Å². The number of aromatic amines is 1. The summed E-state index contributed by atoms with van der Waals surface area (Å²) in [6.07, 6.45) is 3.46. The third-order valence-electron chi connectivity index (χ3n) is 9.73. The number of hydrogen-bond donors (Lipinski definition) is 2. The molecule has 5 atom stereocenters. The quantitative estimate of drug-likeness (QED) is 0.304. The smallest absolute Gasteiger partial charge is 0.349 e. The minimum absolute atomic E-state index is 0.0781. The molecular weight excluding hydrogens is 590 g/mol. The first-order chi connectivity index (χ1) is 22.1. The number of aryl methyl sites for hydroxylation is 2. The Balaban J connectivity index is 0.000000319. The van der Waals surface area contributed by atoms with E-state index in [-0.39, 0.29) is 24.2 Å². The third kappa shape index (κ3) is 6.39. The van der Waals surface area contributed by atoms with Crippen LogP contribution < -0.4 is 20.7 Å². The minimum atomic E-state index is -0.796. The number of aromatic nitrogens is 4. The zero-order chi connectivity index (χ0) is 32.6. The van der Waals surface area contributed by atoms with E-state index in [4.69, 9.17) is 18.9 Å². The Hall–Kier alpha value is -3.84. The lowest BCUT2D eigenvalue weighted by Crippen LogP contribution is -2.46. The SMILES string of the molecule is COc1ccccc1OC.Cc1cc2nc3c(=O)[nH]c(=O)nc-3n(CC(O)CC3COC4(CCC5CCN(C)C5C4)O3)c2cc1C. The number of likely N-dealkylation sites (tertiary alicyclic amines) is 1. The average molecular weight is 634 g/mol. The average Bonchev–Trinajstić information content (AvgIpc) is 3.60. The lowest BCUT2D eigenvalue weighted by molar-refractivity contribution is -0.202. The molecular formula is C34H43N5O7. The van der Waals surface area contributed by atoms with E-state index >= 15 is 0 Å². The van der Waals surface area contributed by atoms with Crippen molar-refractivity contribution in [2.75, 3.05) is 34.4 Å². The van der Waals surface area contributed by atoms with Crippen LogP contribution in [0.3, 0.4) is 0 Å². The van der Waals surface area contributed by atoms with Crippen LogP contribution in [0.2, 0.25) is 0 Å². The Morgan fingerprint density at radius 3 is 2.52 bits per heavy atom. The predicted molar refractivity (Wildman–Crippen MR) is 173 cm³/mol. The molecule has 0 radical (unpaired) electrons. The van der Waals surface area contributed by atoms with E-state index in [1.54, 1.807) is 18.8 Å². The number of nitrogens with zero attached hydrogens (tertiary/aromatic N) is 4. The van der Waals surface area contributed by atoms with E-state index in [9.17, 15) is 14.7 Å². The molecule has 12 heteroatoms. The fraction of sp³-hybridized carbons (Fsp3) is 0.529. The molecule has 0 bridgehead atoms. The molecule has 246 valence electrons. The Labute approximate surface area is 267 Å². The van der Waals surface area contributed by atoms with Crippen molar-refractivity contribution in [2.45, 2.75) is 76.5 Å². The molecule has 0 aromatic heterocycles. The van der Waals surface area contributed by atoms with Gasteiger partial charge in [0.15, 0.2) is 28.8 Å². The number of aliphatic hydroxyl groups is 1. The molecule has 4 heterocycles. The molecule has 5 aliphatic rings. The van der Waals surface area contributed by atoms with Crippen LogP contribution in [0.15, 0.2) is 46.0 Å². The van der Waals surface area contributed by atoms with Gasteiger partial charge < -0.3 is 33.5 Å². The maximum atomic E-state index is 12.5. The summed E-state index contributed by atoms with van der Waals surface area (Å²) in [4.78, 5) is 37.7. The maximum Gasteiger partial charge on any atom is 0.349 e. The Morgan fingerprint density at radius 2 is 1.80 bits per heavy atom. The van der Waals surface area contributed by atoms with Crippen LogP contribution in [0.5, 0.6) is 11.5 Å². The summed E-state index contributed by atoms with van der Waals surface area (Å²) in [5.74, 6) is 1.86. The van der Waals surface area contributed by atoms with Gasteiger partial charge in [-0.1, -0.05) is 12.1 Å². The fourth-order valence-corrected chi connectivity index (χ4v) is 7.15. The second-order valence-corrected chi connectivity index (χ2v) is 12.7. The summed E-state index contributed by atoms with van der Waals surface area (Å²) in [6.45, 7) is 5.69. The zero-order valence-corrected chi connectivity index (χ0v) is 27.1. The second-order valence-electron chi connectivity index (χ2n) is 12.7. The number of methoxy groups -OCH3 is 2. The van der Waals surface area contributed by atoms with Crippen LogP contribution in [0.25, 0.3) is 22.6 Å². The van der Waals surface area contributed by atoms with Crippen molar-refractivity contribution in [3.8, 4) is 23.0 Å². The molecule has 2 aromatic rings. The molecule has 12 nitrogen and oxygen atoms in total. The van der Waals surface area contributed by atoms with Gasteiger partial charge in [-0.05, 0) is 81.6 Å². The third-order valence-corrected chi connectivity index (χ3v) is 9.73. The lowest BCUT2D eigenvalue weighted by atomic mass is 9.81. The summed E-state index contributed by atoms with van der Waals surface area (Å²) in [6, 6.07) is 11.9. The number of benzene rings is 2. The monoisotopic (exact) mass is 633 g/mol. The summed E-state index contributed by atoms with van der Waals surface area (Å²) < 4.78 is 24.4. The van der Waals surface area contributed by atoms with Crippen LogP contribution in [-0.4, -0.2) is 88.0 Å². The Morgan fingerprint density at radius 1 is 1.09 bits per heavy atom. The van der Waals surface area contributed by atoms with E-state index < -0.39 is 23.1 Å². The summed E-state index contributed by atoms with van der Waals surface area (Å²) >= 11 is 0. The van der Waals surface area contributed by atoms with Crippen molar-refractivity contribution < 1.29 is 24.1 Å². The van der Waals surface area contributed by atoms with Crippen LogP contribution in [0, 0.1) is 19.8 Å². The Bertz CT molecular complexity index is 1770. The lowest BCUT2D eigenvalue weighted by Gasteiger charge is -2.40. The van der Waals surface area contributed by atoms with E-state index in [1.807, 2.05) is 50.2 Å². The van der Waals surface area contributed by atoms with Crippen molar-refractivity contribution in [1.82, 2.24) is 24.4 Å². The van der Waals surface area contributed by atoms with Crippen LogP contribution in [0.1, 0.15) is 43.2 Å². The van der Waals surface area contributed by atoms with Gasteiger partial charge in [-0.15, -0.1) is 0 Å². The number of hydrogen-bond acceptors (Lipinski definition) is 10. The first-order valence-electron chi connectivity index (χ1n) is 15.9. The van der Waals surface area contributed by atoms with Gasteiger partial charge in [0.25, 0.3) is 5.56 Å². The van der Waals surface area contributed by atoms with Crippen molar-refractivity contribution >= 4 is 11.0 Å². The van der Waals surface area contributed by atoms with Gasteiger partial charge in [-0.3, -0.25) is 9.78 Å². The number of rotatable bonds is 6. The summed E-state index contributed by atoms with van der Waals surface area (Å²) in [5.41, 5.74) is 2.16. The first-order valence-corrected chi connectivity index (χ1v) is 15.9. The van der Waals surface area contributed by atoms with Crippen molar-refractivity contribution in [1.29, 1.82) is 0 Å². The van der Waals surface area contributed by atoms with Crippen LogP contribution in [0.4, 0.5) is 0 Å². The van der Waals surface area contributed by atoms with Gasteiger partial charge in [0.05, 0.1) is 50.6 Å². The molecule has 5 unspecified atom stereocenters. The van der Waals surface area contributed by atoms with Gasteiger partial charge in [0.1, 0.15) is 0 Å². The van der Waals surface area contributed by atoms with Crippen molar-refractivity contribution in [2.24, 2.45) is 5.92 Å². The van der Waals surface area contributed by atoms with Gasteiger partial charge in [-0.2, -0.15) is 4.98 Å². The van der Waals surface area contributed by atoms with E-state index in [0.29, 0.717) is 30.1 Å². The number of H-pyrrole nitrogens is 1. The minimum Gasteiger partial charge on any atom is -0.493 e. The van der Waals surface area contributed by atoms with E-state index in [2.05, 4.69) is 26.9 Å². The highest BCUT2D eigenvalue weighted by Gasteiger charge is 2.50. The highest BCUT2D eigenvalue weighted by molar-refractivity contribution is 5.81. The molecule has 3 fully saturated rings. The number of aliphatic hydroxyl groups excluding tert-OH is 1.